The van der Waals surface area contributed by atoms with Gasteiger partial charge in [-0.2, -0.15) is 5.10 Å². The van der Waals surface area contributed by atoms with E-state index >= 15 is 0 Å². The van der Waals surface area contributed by atoms with Crippen LogP contribution in [0.4, 0.5) is 0 Å². The molecule has 2 aliphatic rings. The second kappa shape index (κ2) is 7.59. The van der Waals surface area contributed by atoms with E-state index in [2.05, 4.69) is 5.10 Å². The Morgan fingerprint density at radius 1 is 1.25 bits per heavy atom. The number of rotatable bonds is 5. The maximum atomic E-state index is 13.1. The molecule has 0 bridgehead atoms. The third-order valence-corrected chi connectivity index (χ3v) is 5.45. The predicted octanol–water partition coefficient (Wildman–Crippen LogP) is 2.22. The number of carbonyl (C=O) groups excluding carboxylic acids is 2. The molecule has 1 aromatic carbocycles. The van der Waals surface area contributed by atoms with Gasteiger partial charge in [-0.15, -0.1) is 0 Å². The highest BCUT2D eigenvalue weighted by atomic mass is 16.3. The van der Waals surface area contributed by atoms with Gasteiger partial charge in [0.2, 0.25) is 5.91 Å². The number of benzene rings is 1. The van der Waals surface area contributed by atoms with Crippen LogP contribution < -0.4 is 5.73 Å². The van der Waals surface area contributed by atoms with Crippen molar-refractivity contribution in [2.45, 2.75) is 38.3 Å². The maximum absolute atomic E-state index is 13.1. The number of hydrogen-bond acceptors (Lipinski definition) is 5. The molecule has 2 aliphatic heterocycles. The third-order valence-electron chi connectivity index (χ3n) is 5.45. The van der Waals surface area contributed by atoms with Crippen LogP contribution in [0.1, 0.15) is 42.2 Å². The van der Waals surface area contributed by atoms with Gasteiger partial charge in [-0.25, -0.2) is 5.01 Å². The number of aryl methyl sites for hydroxylation is 1. The largest absolute Gasteiger partial charge is 0.467 e. The van der Waals surface area contributed by atoms with Crippen molar-refractivity contribution >= 4 is 17.5 Å². The highest BCUT2D eigenvalue weighted by molar-refractivity contribution is 6.03. The molecule has 0 saturated carbocycles. The van der Waals surface area contributed by atoms with Gasteiger partial charge in [0, 0.05) is 6.42 Å². The number of amides is 2. The van der Waals surface area contributed by atoms with Crippen LogP contribution in [0.2, 0.25) is 0 Å². The standard InChI is InChI=1S/C21H24N4O3/c1-14-6-8-15(9-7-14)16-12-18(19-5-3-11-28-19)25(23-16)20(26)13-24-10-2-4-17(24)21(22)27/h3,5-9,11,17-18H,2,4,10,12-13H2,1H3,(H2,22,27). The Morgan fingerprint density at radius 3 is 2.71 bits per heavy atom. The van der Waals surface area contributed by atoms with E-state index in [-0.39, 0.29) is 30.4 Å². The van der Waals surface area contributed by atoms with Crippen LogP contribution in [0.5, 0.6) is 0 Å². The molecule has 0 aliphatic carbocycles. The van der Waals surface area contributed by atoms with E-state index in [1.54, 1.807) is 6.26 Å². The maximum Gasteiger partial charge on any atom is 0.257 e. The summed E-state index contributed by atoms with van der Waals surface area (Å²) in [5, 5.41) is 6.14. The van der Waals surface area contributed by atoms with Gasteiger partial charge in [-0.05, 0) is 44.0 Å². The van der Waals surface area contributed by atoms with E-state index in [0.717, 1.165) is 17.7 Å². The minimum atomic E-state index is -0.380. The Bertz CT molecular complexity index is 889. The quantitative estimate of drug-likeness (QED) is 0.861. The van der Waals surface area contributed by atoms with Crippen LogP contribution in [0.25, 0.3) is 0 Å². The molecule has 2 aromatic rings. The fourth-order valence-electron chi connectivity index (χ4n) is 3.95. The first-order valence-corrected chi connectivity index (χ1v) is 9.56. The van der Waals surface area contributed by atoms with E-state index in [9.17, 15) is 9.59 Å². The van der Waals surface area contributed by atoms with Gasteiger partial charge in [0.25, 0.3) is 5.91 Å². The van der Waals surface area contributed by atoms with Crippen LogP contribution in [-0.4, -0.2) is 46.6 Å². The van der Waals surface area contributed by atoms with Gasteiger partial charge in [0.1, 0.15) is 11.8 Å². The minimum Gasteiger partial charge on any atom is -0.467 e. The van der Waals surface area contributed by atoms with Crippen molar-refractivity contribution in [3.05, 3.63) is 59.5 Å². The molecule has 7 heteroatoms. The summed E-state index contributed by atoms with van der Waals surface area (Å²) in [6.07, 6.45) is 3.75. The van der Waals surface area contributed by atoms with Crippen LogP contribution in [0.15, 0.2) is 52.2 Å². The number of hydrazone groups is 1. The molecule has 1 aromatic heterocycles. The Labute approximate surface area is 163 Å². The van der Waals surface area contributed by atoms with Gasteiger partial charge in [0.15, 0.2) is 0 Å². The SMILES string of the molecule is Cc1ccc(C2=NN(C(=O)CN3CCCC3C(N)=O)C(c3ccco3)C2)cc1. The molecule has 4 rings (SSSR count). The van der Waals surface area contributed by atoms with Crippen molar-refractivity contribution in [1.82, 2.24) is 9.91 Å². The van der Waals surface area contributed by atoms with Crippen LogP contribution in [-0.2, 0) is 9.59 Å². The zero-order valence-electron chi connectivity index (χ0n) is 15.9. The molecular weight excluding hydrogens is 356 g/mol. The third kappa shape index (κ3) is 3.57. The predicted molar refractivity (Wildman–Crippen MR) is 104 cm³/mol. The average Bonchev–Trinajstić information content (AvgIpc) is 3.42. The van der Waals surface area contributed by atoms with Crippen molar-refractivity contribution < 1.29 is 14.0 Å². The van der Waals surface area contributed by atoms with Gasteiger partial charge in [0.05, 0.1) is 24.6 Å². The van der Waals surface area contributed by atoms with Crippen molar-refractivity contribution in [3.63, 3.8) is 0 Å². The summed E-state index contributed by atoms with van der Waals surface area (Å²) in [6, 6.07) is 11.1. The van der Waals surface area contributed by atoms with E-state index in [1.807, 2.05) is 48.2 Å². The number of primary amides is 1. The first-order valence-electron chi connectivity index (χ1n) is 9.56. The summed E-state index contributed by atoms with van der Waals surface area (Å²) in [4.78, 5) is 26.6. The topological polar surface area (TPSA) is 92.1 Å². The minimum absolute atomic E-state index is 0.121. The van der Waals surface area contributed by atoms with Crippen molar-refractivity contribution in [3.8, 4) is 0 Å². The highest BCUT2D eigenvalue weighted by Gasteiger charge is 2.37. The molecule has 0 spiro atoms. The first-order chi connectivity index (χ1) is 13.5. The molecule has 1 fully saturated rings. The smallest absolute Gasteiger partial charge is 0.257 e. The van der Waals surface area contributed by atoms with Crippen LogP contribution >= 0.6 is 0 Å². The van der Waals surface area contributed by atoms with Crippen molar-refractivity contribution in [2.75, 3.05) is 13.1 Å². The highest BCUT2D eigenvalue weighted by Crippen LogP contribution is 2.33. The second-order valence-corrected chi connectivity index (χ2v) is 7.42. The molecular formula is C21H24N4O3. The Morgan fingerprint density at radius 2 is 2.04 bits per heavy atom. The van der Waals surface area contributed by atoms with E-state index in [1.165, 1.54) is 10.6 Å². The van der Waals surface area contributed by atoms with Gasteiger partial charge in [-0.3, -0.25) is 14.5 Å². The molecule has 2 amide bonds. The number of likely N-dealkylation sites (tertiary alicyclic amines) is 1. The summed E-state index contributed by atoms with van der Waals surface area (Å²) < 4.78 is 5.58. The number of furan rings is 1. The van der Waals surface area contributed by atoms with Crippen LogP contribution in [0, 0.1) is 6.92 Å². The Kier molecular flexibility index (Phi) is 5.00. The summed E-state index contributed by atoms with van der Waals surface area (Å²) in [7, 11) is 0. The number of nitrogens with zero attached hydrogens (tertiary/aromatic N) is 3. The van der Waals surface area contributed by atoms with Gasteiger partial charge < -0.3 is 10.2 Å². The Balaban J connectivity index is 1.58. The van der Waals surface area contributed by atoms with Gasteiger partial charge >= 0.3 is 0 Å². The lowest BCUT2D eigenvalue weighted by Gasteiger charge is -2.25. The summed E-state index contributed by atoms with van der Waals surface area (Å²) in [5.74, 6) is 0.168. The lowest BCUT2D eigenvalue weighted by Crippen LogP contribution is -2.45. The fraction of sp³-hybridized carbons (Fsp3) is 0.381. The first kappa shape index (κ1) is 18.4. The number of hydrogen-bond donors (Lipinski definition) is 1. The molecule has 0 radical (unpaired) electrons. The zero-order valence-corrected chi connectivity index (χ0v) is 15.9. The molecule has 1 saturated heterocycles. The molecule has 2 atom stereocenters. The van der Waals surface area contributed by atoms with Crippen molar-refractivity contribution in [2.24, 2.45) is 10.8 Å². The Hall–Kier alpha value is -2.93. The number of nitrogens with two attached hydrogens (primary N) is 1. The van der Waals surface area contributed by atoms with Crippen molar-refractivity contribution in [1.29, 1.82) is 0 Å². The molecule has 2 unspecified atom stereocenters. The molecule has 28 heavy (non-hydrogen) atoms. The lowest BCUT2D eigenvalue weighted by atomic mass is 10.0. The van der Waals surface area contributed by atoms with Gasteiger partial charge in [-0.1, -0.05) is 29.8 Å². The molecule has 7 nitrogen and oxygen atoms in total. The monoisotopic (exact) mass is 380 g/mol. The molecule has 3 heterocycles. The zero-order chi connectivity index (χ0) is 19.7. The molecule has 2 N–H and O–H groups in total. The average molecular weight is 380 g/mol. The fourth-order valence-corrected chi connectivity index (χ4v) is 3.95. The summed E-state index contributed by atoms with van der Waals surface area (Å²) >= 11 is 0. The summed E-state index contributed by atoms with van der Waals surface area (Å²) in [6.45, 7) is 2.84. The summed E-state index contributed by atoms with van der Waals surface area (Å²) in [5.41, 5.74) is 8.50. The second-order valence-electron chi connectivity index (χ2n) is 7.42. The van der Waals surface area contributed by atoms with E-state index < -0.39 is 0 Å². The molecule has 146 valence electrons. The normalized spacial score (nSPS) is 22.5. The van der Waals surface area contributed by atoms with E-state index in [0.29, 0.717) is 25.1 Å². The lowest BCUT2D eigenvalue weighted by molar-refractivity contribution is -0.135. The number of carbonyl (C=O) groups is 2. The van der Waals surface area contributed by atoms with Crippen LogP contribution in [0.3, 0.4) is 0 Å². The van der Waals surface area contributed by atoms with E-state index in [4.69, 9.17) is 10.2 Å².